The summed E-state index contributed by atoms with van der Waals surface area (Å²) in [4.78, 5) is 17.5. The number of nitrogens with zero attached hydrogens (tertiary/aromatic N) is 4. The minimum Gasteiger partial charge on any atom is -0.293 e. The van der Waals surface area contributed by atoms with E-state index in [1.165, 1.54) is 6.42 Å². The fourth-order valence-electron chi connectivity index (χ4n) is 1.87. The van der Waals surface area contributed by atoms with Gasteiger partial charge in [-0.1, -0.05) is 20.3 Å². The summed E-state index contributed by atoms with van der Waals surface area (Å²) in [5.74, 6) is 0.665. The summed E-state index contributed by atoms with van der Waals surface area (Å²) in [6, 6.07) is 2.03. The van der Waals surface area contributed by atoms with Crippen molar-refractivity contribution in [2.75, 3.05) is 14.1 Å². The van der Waals surface area contributed by atoms with E-state index in [1.807, 2.05) is 37.6 Å². The van der Waals surface area contributed by atoms with E-state index in [2.05, 4.69) is 40.7 Å². The van der Waals surface area contributed by atoms with Gasteiger partial charge in [0.05, 0.1) is 23.3 Å². The first kappa shape index (κ1) is 18.9. The van der Waals surface area contributed by atoms with Crippen molar-refractivity contribution in [3.8, 4) is 0 Å². The van der Waals surface area contributed by atoms with Crippen LogP contribution >= 0.6 is 0 Å². The molecule has 0 bridgehead atoms. The van der Waals surface area contributed by atoms with Crippen LogP contribution in [0.25, 0.3) is 0 Å². The van der Waals surface area contributed by atoms with E-state index < -0.39 is 0 Å². The molecule has 23 heavy (non-hydrogen) atoms. The molecule has 0 N–H and O–H groups in total. The number of rotatable bonds is 7. The highest BCUT2D eigenvalue weighted by atomic mass is 14.8. The average molecular weight is 312 g/mol. The minimum absolute atomic E-state index is 0.665. The van der Waals surface area contributed by atoms with Crippen LogP contribution in [0.1, 0.15) is 44.9 Å². The lowest BCUT2D eigenvalue weighted by Gasteiger charge is -2.05. The van der Waals surface area contributed by atoms with Crippen LogP contribution in [0.4, 0.5) is 5.69 Å². The third-order valence-corrected chi connectivity index (χ3v) is 3.86. The fourth-order valence-corrected chi connectivity index (χ4v) is 1.87. The summed E-state index contributed by atoms with van der Waals surface area (Å²) in [6.45, 7) is 8.44. The van der Waals surface area contributed by atoms with Crippen LogP contribution in [-0.4, -0.2) is 36.7 Å². The molecule has 0 amide bonds. The molecule has 0 saturated carbocycles. The largest absolute Gasteiger partial charge is 0.293 e. The highest BCUT2D eigenvalue weighted by Gasteiger charge is 2.05. The topological polar surface area (TPSA) is 50.0 Å². The van der Waals surface area contributed by atoms with Crippen LogP contribution in [0.15, 0.2) is 39.4 Å². The number of aliphatic imine (C=N–C) groups is 3. The second-order valence-corrected chi connectivity index (χ2v) is 5.72. The minimum atomic E-state index is 0.665. The van der Waals surface area contributed by atoms with Gasteiger partial charge in [-0.2, -0.15) is 0 Å². The zero-order valence-corrected chi connectivity index (χ0v) is 15.2. The Kier molecular flexibility index (Phi) is 8.09. The second kappa shape index (κ2) is 9.82. The van der Waals surface area contributed by atoms with Gasteiger partial charge in [0.15, 0.2) is 0 Å². The van der Waals surface area contributed by atoms with Gasteiger partial charge in [0.2, 0.25) is 0 Å². The highest BCUT2D eigenvalue weighted by molar-refractivity contribution is 6.10. The van der Waals surface area contributed by atoms with E-state index in [9.17, 15) is 0 Å². The van der Waals surface area contributed by atoms with Crippen LogP contribution in [0.3, 0.4) is 0 Å². The lowest BCUT2D eigenvalue weighted by Crippen LogP contribution is -2.02. The smallest absolute Gasteiger partial charge is 0.0885 e. The number of hydrogen-bond donors (Lipinski definition) is 0. The van der Waals surface area contributed by atoms with E-state index in [0.29, 0.717) is 5.92 Å². The molecule has 0 aliphatic rings. The van der Waals surface area contributed by atoms with Crippen molar-refractivity contribution in [2.45, 2.75) is 40.5 Å². The standard InChI is InChI=1S/C19H28N4/c1-7-14(2)10-11-22-19-13-23-18(12-15(19)3)17(21-6)9-8-16(4)20-5/h8-9,11-14H,7,10H2,1-6H3/b9-8-,20-16?,21-17?,22-11?. The first-order chi connectivity index (χ1) is 11.0. The Bertz CT molecular complexity index is 624. The lowest BCUT2D eigenvalue weighted by atomic mass is 10.1. The molecule has 0 aromatic carbocycles. The van der Waals surface area contributed by atoms with Crippen molar-refractivity contribution in [3.63, 3.8) is 0 Å². The van der Waals surface area contributed by atoms with Gasteiger partial charge >= 0.3 is 0 Å². The van der Waals surface area contributed by atoms with Crippen molar-refractivity contribution < 1.29 is 0 Å². The molecule has 0 saturated heterocycles. The summed E-state index contributed by atoms with van der Waals surface area (Å²) in [7, 11) is 3.55. The van der Waals surface area contributed by atoms with Gasteiger partial charge in [0, 0.05) is 26.0 Å². The van der Waals surface area contributed by atoms with Crippen molar-refractivity contribution in [1.82, 2.24) is 4.98 Å². The Labute approximate surface area is 140 Å². The number of aryl methyl sites for hydroxylation is 1. The number of aromatic nitrogens is 1. The van der Waals surface area contributed by atoms with E-state index >= 15 is 0 Å². The maximum atomic E-state index is 4.54. The number of hydrogen-bond acceptors (Lipinski definition) is 4. The summed E-state index contributed by atoms with van der Waals surface area (Å²) in [5.41, 5.74) is 4.67. The molecule has 0 radical (unpaired) electrons. The van der Waals surface area contributed by atoms with E-state index in [1.54, 1.807) is 14.1 Å². The fraction of sp³-hybridized carbons (Fsp3) is 0.474. The molecule has 0 spiro atoms. The van der Waals surface area contributed by atoms with Gasteiger partial charge in [0.25, 0.3) is 0 Å². The molecular weight excluding hydrogens is 284 g/mol. The van der Waals surface area contributed by atoms with Crippen molar-refractivity contribution in [3.05, 3.63) is 35.7 Å². The lowest BCUT2D eigenvalue weighted by molar-refractivity contribution is 0.592. The summed E-state index contributed by atoms with van der Waals surface area (Å²) in [5, 5.41) is 0. The van der Waals surface area contributed by atoms with E-state index in [4.69, 9.17) is 0 Å². The Morgan fingerprint density at radius 3 is 2.57 bits per heavy atom. The molecule has 1 aromatic rings. The van der Waals surface area contributed by atoms with E-state index in [0.717, 1.165) is 34.8 Å². The number of allylic oxidation sites excluding steroid dienone is 2. The monoisotopic (exact) mass is 312 g/mol. The Hall–Kier alpha value is -2.10. The normalized spacial score (nSPS) is 14.9. The molecule has 4 heteroatoms. The quantitative estimate of drug-likeness (QED) is 0.679. The molecule has 4 nitrogen and oxygen atoms in total. The average Bonchev–Trinajstić information content (AvgIpc) is 2.56. The molecule has 1 atom stereocenters. The van der Waals surface area contributed by atoms with Crippen molar-refractivity contribution in [1.29, 1.82) is 0 Å². The first-order valence-corrected chi connectivity index (χ1v) is 8.09. The van der Waals surface area contributed by atoms with Crippen LogP contribution in [0.2, 0.25) is 0 Å². The maximum absolute atomic E-state index is 4.54. The van der Waals surface area contributed by atoms with Gasteiger partial charge in [-0.25, -0.2) is 0 Å². The Morgan fingerprint density at radius 2 is 2.00 bits per heavy atom. The van der Waals surface area contributed by atoms with Gasteiger partial charge < -0.3 is 0 Å². The molecule has 1 unspecified atom stereocenters. The maximum Gasteiger partial charge on any atom is 0.0885 e. The molecule has 1 heterocycles. The third kappa shape index (κ3) is 6.27. The highest BCUT2D eigenvalue weighted by Crippen LogP contribution is 2.18. The number of pyridine rings is 1. The summed E-state index contributed by atoms with van der Waals surface area (Å²) in [6.07, 6.45) is 9.86. The molecule has 1 aromatic heterocycles. The molecule has 1 rings (SSSR count). The molecule has 124 valence electrons. The van der Waals surface area contributed by atoms with Crippen molar-refractivity contribution in [2.24, 2.45) is 20.9 Å². The van der Waals surface area contributed by atoms with Crippen molar-refractivity contribution >= 4 is 23.3 Å². The van der Waals surface area contributed by atoms with Gasteiger partial charge in [-0.15, -0.1) is 0 Å². The molecule has 0 aliphatic heterocycles. The Morgan fingerprint density at radius 1 is 1.26 bits per heavy atom. The van der Waals surface area contributed by atoms with E-state index in [-0.39, 0.29) is 0 Å². The van der Waals surface area contributed by atoms with Crippen LogP contribution in [0.5, 0.6) is 0 Å². The predicted molar refractivity (Wildman–Crippen MR) is 102 cm³/mol. The third-order valence-electron chi connectivity index (χ3n) is 3.86. The molecular formula is C19H28N4. The van der Waals surface area contributed by atoms with Crippen LogP contribution < -0.4 is 0 Å². The van der Waals surface area contributed by atoms with Gasteiger partial charge in [0.1, 0.15) is 0 Å². The molecule has 0 fully saturated rings. The van der Waals surface area contributed by atoms with Gasteiger partial charge in [-0.3, -0.25) is 20.0 Å². The molecule has 0 aliphatic carbocycles. The first-order valence-electron chi connectivity index (χ1n) is 8.09. The summed E-state index contributed by atoms with van der Waals surface area (Å²) >= 11 is 0. The summed E-state index contributed by atoms with van der Waals surface area (Å²) < 4.78 is 0. The SMILES string of the molecule is CCC(C)CC=Nc1cnc(C(/C=C\C(C)=NC)=NC)cc1C. The van der Waals surface area contributed by atoms with Gasteiger partial charge in [-0.05, 0) is 50.0 Å². The van der Waals surface area contributed by atoms with Crippen LogP contribution in [0, 0.1) is 12.8 Å². The zero-order valence-electron chi connectivity index (χ0n) is 15.2. The predicted octanol–water partition coefficient (Wildman–Crippen LogP) is 4.59. The second-order valence-electron chi connectivity index (χ2n) is 5.72. The Balaban J connectivity index is 2.92. The van der Waals surface area contributed by atoms with Crippen LogP contribution in [-0.2, 0) is 0 Å². The zero-order chi connectivity index (χ0) is 17.2.